The maximum absolute atomic E-state index is 12.7. The van der Waals surface area contributed by atoms with Crippen molar-refractivity contribution in [3.05, 3.63) is 74.6 Å². The first-order valence-electron chi connectivity index (χ1n) is 8.06. The molecular formula is C18H17N3O4S. The van der Waals surface area contributed by atoms with E-state index < -0.39 is 4.92 Å². The summed E-state index contributed by atoms with van der Waals surface area (Å²) in [5.74, 6) is 0.450. The minimum absolute atomic E-state index is 0.0196. The highest BCUT2D eigenvalue weighted by Crippen LogP contribution is 2.24. The Balaban J connectivity index is 1.94. The number of hydrogen-bond donors (Lipinski definition) is 1. The van der Waals surface area contributed by atoms with Crippen molar-refractivity contribution in [3.8, 4) is 0 Å². The number of benzene rings is 2. The van der Waals surface area contributed by atoms with Gasteiger partial charge in [-0.05, 0) is 24.1 Å². The third-order valence-corrected chi connectivity index (χ3v) is 4.90. The van der Waals surface area contributed by atoms with E-state index in [2.05, 4.69) is 4.98 Å². The fourth-order valence-electron chi connectivity index (χ4n) is 2.59. The standard InChI is InChI=1S/C18H17N3O4S/c22-10-4-9-20-17(23)15-7-1-2-8-16(15)19-18(20)26-12-13-5-3-6-14(11-13)21(24)25/h1-3,5-8,11,22H,4,9-10,12H2. The van der Waals surface area contributed by atoms with Crippen LogP contribution in [-0.2, 0) is 12.3 Å². The van der Waals surface area contributed by atoms with Crippen molar-refractivity contribution in [2.45, 2.75) is 23.9 Å². The number of non-ortho nitro benzene ring substituents is 1. The summed E-state index contributed by atoms with van der Waals surface area (Å²) in [6, 6.07) is 13.5. The molecule has 0 aliphatic carbocycles. The first-order chi connectivity index (χ1) is 12.6. The summed E-state index contributed by atoms with van der Waals surface area (Å²) in [5.41, 5.74) is 1.28. The molecule has 7 nitrogen and oxygen atoms in total. The second-order valence-electron chi connectivity index (χ2n) is 5.66. The number of hydrogen-bond acceptors (Lipinski definition) is 6. The summed E-state index contributed by atoms with van der Waals surface area (Å²) >= 11 is 1.35. The SMILES string of the molecule is O=c1c2ccccc2nc(SCc2cccc([N+](=O)[O-])c2)n1CCCO. The number of aliphatic hydroxyl groups is 1. The van der Waals surface area contributed by atoms with Gasteiger partial charge in [0.1, 0.15) is 0 Å². The highest BCUT2D eigenvalue weighted by atomic mass is 32.2. The number of aliphatic hydroxyl groups excluding tert-OH is 1. The smallest absolute Gasteiger partial charge is 0.269 e. The lowest BCUT2D eigenvalue weighted by Gasteiger charge is -2.12. The number of thioether (sulfide) groups is 1. The van der Waals surface area contributed by atoms with Crippen molar-refractivity contribution in [2.75, 3.05) is 6.61 Å². The van der Waals surface area contributed by atoms with Gasteiger partial charge in [0.05, 0.1) is 15.8 Å². The van der Waals surface area contributed by atoms with E-state index in [1.165, 1.54) is 23.9 Å². The van der Waals surface area contributed by atoms with Gasteiger partial charge in [0.15, 0.2) is 5.16 Å². The lowest BCUT2D eigenvalue weighted by Crippen LogP contribution is -2.24. The van der Waals surface area contributed by atoms with Gasteiger partial charge in [-0.15, -0.1) is 0 Å². The molecule has 0 atom stereocenters. The molecule has 0 aliphatic rings. The molecular weight excluding hydrogens is 354 g/mol. The minimum Gasteiger partial charge on any atom is -0.396 e. The van der Waals surface area contributed by atoms with Crippen LogP contribution in [0.4, 0.5) is 5.69 Å². The summed E-state index contributed by atoms with van der Waals surface area (Å²) in [5, 5.41) is 21.1. The number of nitro benzene ring substituents is 1. The third kappa shape index (κ3) is 3.92. The highest BCUT2D eigenvalue weighted by Gasteiger charge is 2.12. The first-order valence-corrected chi connectivity index (χ1v) is 9.05. The summed E-state index contributed by atoms with van der Waals surface area (Å²) in [4.78, 5) is 27.8. The van der Waals surface area contributed by atoms with Gasteiger partial charge in [-0.1, -0.05) is 36.0 Å². The van der Waals surface area contributed by atoms with Gasteiger partial charge >= 0.3 is 0 Å². The molecule has 0 fully saturated rings. The molecule has 0 unspecified atom stereocenters. The van der Waals surface area contributed by atoms with Crippen LogP contribution in [0, 0.1) is 10.1 Å². The van der Waals surface area contributed by atoms with E-state index >= 15 is 0 Å². The third-order valence-electron chi connectivity index (χ3n) is 3.86. The maximum atomic E-state index is 12.7. The molecule has 1 aromatic heterocycles. The van der Waals surface area contributed by atoms with Gasteiger partial charge < -0.3 is 5.11 Å². The molecule has 26 heavy (non-hydrogen) atoms. The van der Waals surface area contributed by atoms with Gasteiger partial charge in [0, 0.05) is 31.0 Å². The molecule has 8 heteroatoms. The number of nitro groups is 1. The second-order valence-corrected chi connectivity index (χ2v) is 6.60. The summed E-state index contributed by atoms with van der Waals surface area (Å²) in [6.07, 6.45) is 0.449. The van der Waals surface area contributed by atoms with E-state index in [1.807, 2.05) is 6.07 Å². The number of nitrogens with zero attached hydrogens (tertiary/aromatic N) is 3. The fourth-order valence-corrected chi connectivity index (χ4v) is 3.56. The number of aromatic nitrogens is 2. The van der Waals surface area contributed by atoms with Gasteiger partial charge in [-0.25, -0.2) is 4.98 Å². The molecule has 0 radical (unpaired) electrons. The Kier molecular flexibility index (Phi) is 5.65. The minimum atomic E-state index is -0.431. The van der Waals surface area contributed by atoms with Crippen molar-refractivity contribution in [3.63, 3.8) is 0 Å². The molecule has 134 valence electrons. The van der Waals surface area contributed by atoms with Gasteiger partial charge in [-0.3, -0.25) is 19.5 Å². The van der Waals surface area contributed by atoms with Gasteiger partial charge in [-0.2, -0.15) is 0 Å². The zero-order valence-corrected chi connectivity index (χ0v) is 14.7. The lowest BCUT2D eigenvalue weighted by atomic mass is 10.2. The normalized spacial score (nSPS) is 11.0. The van der Waals surface area contributed by atoms with Crippen molar-refractivity contribution in [1.82, 2.24) is 9.55 Å². The predicted octanol–water partition coefficient (Wildman–Crippen LogP) is 2.98. The molecule has 0 amide bonds. The molecule has 0 spiro atoms. The quantitative estimate of drug-likeness (QED) is 0.297. The van der Waals surface area contributed by atoms with Crippen molar-refractivity contribution in [2.24, 2.45) is 0 Å². The van der Waals surface area contributed by atoms with E-state index in [0.29, 0.717) is 34.8 Å². The Bertz CT molecular complexity index is 1000. The molecule has 0 saturated carbocycles. The van der Waals surface area contributed by atoms with Crippen LogP contribution < -0.4 is 5.56 Å². The van der Waals surface area contributed by atoms with E-state index in [1.54, 1.807) is 34.9 Å². The molecule has 0 aliphatic heterocycles. The van der Waals surface area contributed by atoms with Gasteiger partial charge in [0.2, 0.25) is 0 Å². The summed E-state index contributed by atoms with van der Waals surface area (Å²) in [6.45, 7) is 0.346. The number of fused-ring (bicyclic) bond motifs is 1. The van der Waals surface area contributed by atoms with Crippen molar-refractivity contribution < 1.29 is 10.0 Å². The number of para-hydroxylation sites is 1. The molecule has 1 N–H and O–H groups in total. The Hall–Kier alpha value is -2.71. The average Bonchev–Trinajstić information content (AvgIpc) is 2.66. The van der Waals surface area contributed by atoms with Gasteiger partial charge in [0.25, 0.3) is 11.2 Å². The van der Waals surface area contributed by atoms with Crippen LogP contribution in [0.15, 0.2) is 58.5 Å². The monoisotopic (exact) mass is 371 g/mol. The molecule has 0 saturated heterocycles. The van der Waals surface area contributed by atoms with Crippen LogP contribution in [0.3, 0.4) is 0 Å². The zero-order valence-electron chi connectivity index (χ0n) is 13.9. The molecule has 3 rings (SSSR count). The fraction of sp³-hybridized carbons (Fsp3) is 0.222. The Morgan fingerprint density at radius 1 is 1.19 bits per heavy atom. The Morgan fingerprint density at radius 3 is 2.77 bits per heavy atom. The zero-order chi connectivity index (χ0) is 18.5. The summed E-state index contributed by atoms with van der Waals surface area (Å²) in [7, 11) is 0. The van der Waals surface area contributed by atoms with Crippen LogP contribution in [-0.4, -0.2) is 26.2 Å². The van der Waals surface area contributed by atoms with E-state index in [9.17, 15) is 14.9 Å². The van der Waals surface area contributed by atoms with E-state index in [-0.39, 0.29) is 17.9 Å². The Labute approximate surface area is 153 Å². The van der Waals surface area contributed by atoms with Crippen molar-refractivity contribution >= 4 is 28.4 Å². The van der Waals surface area contributed by atoms with E-state index in [4.69, 9.17) is 5.11 Å². The molecule has 0 bridgehead atoms. The first kappa shape index (κ1) is 18.1. The van der Waals surface area contributed by atoms with Crippen LogP contribution in [0.1, 0.15) is 12.0 Å². The summed E-state index contributed by atoms with van der Waals surface area (Å²) < 4.78 is 1.56. The maximum Gasteiger partial charge on any atom is 0.269 e. The molecule has 3 aromatic rings. The van der Waals surface area contributed by atoms with Crippen LogP contribution in [0.5, 0.6) is 0 Å². The largest absolute Gasteiger partial charge is 0.396 e. The highest BCUT2D eigenvalue weighted by molar-refractivity contribution is 7.98. The van der Waals surface area contributed by atoms with E-state index in [0.717, 1.165) is 5.56 Å². The Morgan fingerprint density at radius 2 is 2.00 bits per heavy atom. The topological polar surface area (TPSA) is 98.3 Å². The lowest BCUT2D eigenvalue weighted by molar-refractivity contribution is -0.384. The average molecular weight is 371 g/mol. The predicted molar refractivity (Wildman–Crippen MR) is 100 cm³/mol. The number of rotatable bonds is 7. The molecule has 2 aromatic carbocycles. The molecule has 1 heterocycles. The van der Waals surface area contributed by atoms with Crippen LogP contribution in [0.25, 0.3) is 10.9 Å². The second kappa shape index (κ2) is 8.11. The van der Waals surface area contributed by atoms with Crippen molar-refractivity contribution in [1.29, 1.82) is 0 Å². The van der Waals surface area contributed by atoms with Crippen LogP contribution in [0.2, 0.25) is 0 Å². The van der Waals surface area contributed by atoms with Crippen LogP contribution >= 0.6 is 11.8 Å².